The normalized spacial score (nSPS) is 17.4. The van der Waals surface area contributed by atoms with E-state index in [-0.39, 0.29) is 0 Å². The lowest BCUT2D eigenvalue weighted by atomic mass is 10.1. The zero-order valence-corrected chi connectivity index (χ0v) is 11.3. The van der Waals surface area contributed by atoms with Crippen LogP contribution in [0.3, 0.4) is 0 Å². The van der Waals surface area contributed by atoms with Crippen molar-refractivity contribution in [1.29, 1.82) is 0 Å². The number of nitrogens with zero attached hydrogens (tertiary/aromatic N) is 1. The number of halogens is 1. The largest absolute Gasteiger partial charge is 0.358 e. The van der Waals surface area contributed by atoms with Crippen LogP contribution in [0.15, 0.2) is 18.2 Å². The number of hydrogen-bond acceptors (Lipinski definition) is 2. The van der Waals surface area contributed by atoms with Crippen molar-refractivity contribution in [3.8, 4) is 0 Å². The molecule has 1 aromatic heterocycles. The fourth-order valence-corrected chi connectivity index (χ4v) is 2.82. The van der Waals surface area contributed by atoms with Crippen molar-refractivity contribution >= 4 is 22.5 Å². The predicted octanol–water partition coefficient (Wildman–Crippen LogP) is 2.53. The van der Waals surface area contributed by atoms with Crippen molar-refractivity contribution in [2.24, 2.45) is 0 Å². The summed E-state index contributed by atoms with van der Waals surface area (Å²) >= 11 is 6.11. The number of H-pyrrole nitrogens is 1. The van der Waals surface area contributed by atoms with Crippen LogP contribution in [0.25, 0.3) is 10.9 Å². The van der Waals surface area contributed by atoms with Crippen LogP contribution in [0.1, 0.15) is 11.3 Å². The molecule has 0 atom stereocenters. The number of fused-ring (bicyclic) bond motifs is 1. The van der Waals surface area contributed by atoms with Crippen LogP contribution in [-0.2, 0) is 6.54 Å². The van der Waals surface area contributed by atoms with E-state index in [0.29, 0.717) is 0 Å². The van der Waals surface area contributed by atoms with Crippen molar-refractivity contribution in [3.05, 3.63) is 34.5 Å². The maximum Gasteiger partial charge on any atom is 0.0460 e. The topological polar surface area (TPSA) is 31.1 Å². The molecule has 18 heavy (non-hydrogen) atoms. The van der Waals surface area contributed by atoms with Crippen LogP contribution in [0, 0.1) is 6.92 Å². The molecule has 1 saturated heterocycles. The Labute approximate surface area is 112 Å². The Balaban J connectivity index is 1.94. The lowest BCUT2D eigenvalue weighted by molar-refractivity contribution is 0.233. The summed E-state index contributed by atoms with van der Waals surface area (Å²) in [4.78, 5) is 5.94. The van der Waals surface area contributed by atoms with Gasteiger partial charge in [0.25, 0.3) is 0 Å². The molecule has 2 aromatic rings. The molecule has 0 unspecified atom stereocenters. The Bertz CT molecular complexity index is 555. The first kappa shape index (κ1) is 12.0. The van der Waals surface area contributed by atoms with Gasteiger partial charge in [-0.25, -0.2) is 0 Å². The minimum absolute atomic E-state index is 0.808. The highest BCUT2D eigenvalue weighted by Crippen LogP contribution is 2.26. The Kier molecular flexibility index (Phi) is 3.29. The van der Waals surface area contributed by atoms with E-state index in [2.05, 4.69) is 34.3 Å². The van der Waals surface area contributed by atoms with Gasteiger partial charge in [-0.2, -0.15) is 0 Å². The molecule has 1 aliphatic heterocycles. The maximum atomic E-state index is 6.11. The first-order valence-corrected chi connectivity index (χ1v) is 6.81. The first-order valence-electron chi connectivity index (χ1n) is 6.44. The Morgan fingerprint density at radius 1 is 1.28 bits per heavy atom. The van der Waals surface area contributed by atoms with Gasteiger partial charge in [0.2, 0.25) is 0 Å². The van der Waals surface area contributed by atoms with Gasteiger partial charge in [0, 0.05) is 54.3 Å². The van der Waals surface area contributed by atoms with Crippen LogP contribution in [0.2, 0.25) is 5.02 Å². The third kappa shape index (κ3) is 2.26. The smallest absolute Gasteiger partial charge is 0.0460 e. The van der Waals surface area contributed by atoms with Crippen molar-refractivity contribution in [2.75, 3.05) is 26.2 Å². The predicted molar refractivity (Wildman–Crippen MR) is 76.2 cm³/mol. The summed E-state index contributed by atoms with van der Waals surface area (Å²) in [5, 5.41) is 5.46. The fraction of sp³-hybridized carbons (Fsp3) is 0.429. The van der Waals surface area contributed by atoms with Crippen molar-refractivity contribution < 1.29 is 0 Å². The summed E-state index contributed by atoms with van der Waals surface area (Å²) in [6.07, 6.45) is 0. The van der Waals surface area contributed by atoms with E-state index in [1.807, 2.05) is 6.07 Å². The van der Waals surface area contributed by atoms with Crippen LogP contribution >= 0.6 is 11.6 Å². The van der Waals surface area contributed by atoms with Gasteiger partial charge in [0.15, 0.2) is 0 Å². The second-order valence-electron chi connectivity index (χ2n) is 4.94. The minimum Gasteiger partial charge on any atom is -0.358 e. The van der Waals surface area contributed by atoms with Crippen molar-refractivity contribution in [1.82, 2.24) is 15.2 Å². The molecule has 3 rings (SSSR count). The molecule has 2 N–H and O–H groups in total. The summed E-state index contributed by atoms with van der Waals surface area (Å²) in [6.45, 7) is 7.56. The zero-order valence-electron chi connectivity index (χ0n) is 10.6. The van der Waals surface area contributed by atoms with Crippen LogP contribution < -0.4 is 5.32 Å². The third-order valence-corrected chi connectivity index (χ3v) is 3.91. The van der Waals surface area contributed by atoms with E-state index in [4.69, 9.17) is 11.6 Å². The lowest BCUT2D eigenvalue weighted by Gasteiger charge is -2.27. The average Bonchev–Trinajstić information content (AvgIpc) is 2.67. The van der Waals surface area contributed by atoms with E-state index < -0.39 is 0 Å². The first-order chi connectivity index (χ1) is 8.74. The molecule has 96 valence electrons. The molecule has 3 nitrogen and oxygen atoms in total. The molecule has 0 amide bonds. The summed E-state index contributed by atoms with van der Waals surface area (Å²) in [5.41, 5.74) is 3.82. The van der Waals surface area contributed by atoms with Gasteiger partial charge in [-0.3, -0.25) is 4.90 Å². The molecule has 0 aliphatic carbocycles. The quantitative estimate of drug-likeness (QED) is 0.873. The van der Waals surface area contributed by atoms with Gasteiger partial charge in [-0.15, -0.1) is 0 Å². The van der Waals surface area contributed by atoms with Gasteiger partial charge in [0.05, 0.1) is 0 Å². The number of nitrogens with one attached hydrogen (secondary N) is 2. The molecule has 0 bridgehead atoms. The second-order valence-corrected chi connectivity index (χ2v) is 5.38. The van der Waals surface area contributed by atoms with Crippen molar-refractivity contribution in [3.63, 3.8) is 0 Å². The Morgan fingerprint density at radius 3 is 2.83 bits per heavy atom. The van der Waals surface area contributed by atoms with E-state index in [0.717, 1.165) is 37.7 Å². The van der Waals surface area contributed by atoms with Gasteiger partial charge >= 0.3 is 0 Å². The molecule has 0 saturated carbocycles. The molecule has 4 heteroatoms. The number of benzene rings is 1. The van der Waals surface area contributed by atoms with Gasteiger partial charge in [-0.05, 0) is 30.7 Å². The number of rotatable bonds is 2. The van der Waals surface area contributed by atoms with E-state index >= 15 is 0 Å². The van der Waals surface area contributed by atoms with Crippen LogP contribution in [-0.4, -0.2) is 36.1 Å². The number of piperazine rings is 1. The Hall–Kier alpha value is -1.03. The van der Waals surface area contributed by atoms with E-state index in [1.165, 1.54) is 22.2 Å². The SMILES string of the molecule is Cc1[nH]c2ccc(Cl)cc2c1CN1CCNCC1. The number of aromatic amines is 1. The average molecular weight is 264 g/mol. The lowest BCUT2D eigenvalue weighted by Crippen LogP contribution is -2.42. The molecule has 0 spiro atoms. The highest BCUT2D eigenvalue weighted by molar-refractivity contribution is 6.31. The molecule has 1 aromatic carbocycles. The van der Waals surface area contributed by atoms with Crippen LogP contribution in [0.4, 0.5) is 0 Å². The number of aromatic nitrogens is 1. The summed E-state index contributed by atoms with van der Waals surface area (Å²) in [6, 6.07) is 6.07. The van der Waals surface area contributed by atoms with Gasteiger partial charge in [-0.1, -0.05) is 11.6 Å². The second kappa shape index (κ2) is 4.92. The standard InChI is InChI=1S/C14H18ClN3/c1-10-13(9-18-6-4-16-5-7-18)12-8-11(15)2-3-14(12)17-10/h2-3,8,16-17H,4-7,9H2,1H3. The minimum atomic E-state index is 0.808. The summed E-state index contributed by atoms with van der Waals surface area (Å²) in [7, 11) is 0. The molecule has 1 fully saturated rings. The molecular formula is C14H18ClN3. The highest BCUT2D eigenvalue weighted by atomic mass is 35.5. The maximum absolute atomic E-state index is 6.11. The monoisotopic (exact) mass is 263 g/mol. The zero-order chi connectivity index (χ0) is 12.5. The molecule has 1 aliphatic rings. The Morgan fingerprint density at radius 2 is 2.06 bits per heavy atom. The van der Waals surface area contributed by atoms with Crippen molar-refractivity contribution in [2.45, 2.75) is 13.5 Å². The number of hydrogen-bond donors (Lipinski definition) is 2. The number of aryl methyl sites for hydroxylation is 1. The summed E-state index contributed by atoms with van der Waals surface area (Å²) in [5.74, 6) is 0. The van der Waals surface area contributed by atoms with E-state index in [9.17, 15) is 0 Å². The van der Waals surface area contributed by atoms with Gasteiger partial charge in [0.1, 0.15) is 0 Å². The van der Waals surface area contributed by atoms with Gasteiger partial charge < -0.3 is 10.3 Å². The highest BCUT2D eigenvalue weighted by Gasteiger charge is 2.15. The van der Waals surface area contributed by atoms with Crippen LogP contribution in [0.5, 0.6) is 0 Å². The molecular weight excluding hydrogens is 246 g/mol. The third-order valence-electron chi connectivity index (χ3n) is 3.67. The fourth-order valence-electron chi connectivity index (χ4n) is 2.65. The molecule has 2 heterocycles. The molecule has 0 radical (unpaired) electrons. The van der Waals surface area contributed by atoms with E-state index in [1.54, 1.807) is 0 Å². The summed E-state index contributed by atoms with van der Waals surface area (Å²) < 4.78 is 0.